The van der Waals surface area contributed by atoms with E-state index in [1.807, 2.05) is 0 Å². The molecule has 2 nitrogen and oxygen atoms in total. The van der Waals surface area contributed by atoms with Gasteiger partial charge >= 0.3 is 0 Å². The standard InChI is InChI=1S/C48H34N2/c1-3-12-33(13-4-1)34-22-24-35(25-23-34)36-14-11-17-40(30-36)50-46-21-10-8-19-42(46)44-32-38(27-29-48(44)50)37-26-28-47-43(31-37)41-18-7-9-20-45(41)49(47)39-15-5-2-6-16-39/h1-6,8-17,19-32H,7,18H2. The highest BCUT2D eigenvalue weighted by Gasteiger charge is 2.20. The van der Waals surface area contributed by atoms with Crippen molar-refractivity contribution in [1.29, 1.82) is 0 Å². The van der Waals surface area contributed by atoms with Crippen molar-refractivity contribution >= 4 is 38.8 Å². The van der Waals surface area contributed by atoms with E-state index in [-0.39, 0.29) is 0 Å². The largest absolute Gasteiger partial charge is 0.310 e. The normalized spacial score (nSPS) is 12.6. The highest BCUT2D eigenvalue weighted by molar-refractivity contribution is 6.10. The fourth-order valence-electron chi connectivity index (χ4n) is 8.01. The van der Waals surface area contributed by atoms with E-state index >= 15 is 0 Å². The van der Waals surface area contributed by atoms with Crippen molar-refractivity contribution in [2.24, 2.45) is 0 Å². The first kappa shape index (κ1) is 28.6. The number of allylic oxidation sites excluding steroid dienone is 1. The van der Waals surface area contributed by atoms with Crippen LogP contribution in [-0.2, 0) is 6.42 Å². The molecule has 7 aromatic carbocycles. The molecule has 9 aromatic rings. The second-order valence-electron chi connectivity index (χ2n) is 13.3. The molecule has 0 aliphatic heterocycles. The van der Waals surface area contributed by atoms with Crippen LogP contribution in [0.5, 0.6) is 0 Å². The number of hydrogen-bond acceptors (Lipinski definition) is 0. The summed E-state index contributed by atoms with van der Waals surface area (Å²) < 4.78 is 4.84. The van der Waals surface area contributed by atoms with Gasteiger partial charge in [-0.3, -0.25) is 0 Å². The van der Waals surface area contributed by atoms with Crippen molar-refractivity contribution in [3.63, 3.8) is 0 Å². The summed E-state index contributed by atoms with van der Waals surface area (Å²) in [5, 5.41) is 3.88. The van der Waals surface area contributed by atoms with E-state index in [0.717, 1.165) is 18.5 Å². The van der Waals surface area contributed by atoms with Gasteiger partial charge in [-0.2, -0.15) is 0 Å². The van der Waals surface area contributed by atoms with Gasteiger partial charge in [0.05, 0.1) is 16.6 Å². The van der Waals surface area contributed by atoms with Gasteiger partial charge in [0.25, 0.3) is 0 Å². The van der Waals surface area contributed by atoms with E-state index in [1.165, 1.54) is 83.0 Å². The zero-order valence-electron chi connectivity index (χ0n) is 27.6. The van der Waals surface area contributed by atoms with Crippen molar-refractivity contribution in [2.45, 2.75) is 12.8 Å². The Balaban J connectivity index is 1.08. The first-order valence-corrected chi connectivity index (χ1v) is 17.5. The number of para-hydroxylation sites is 2. The number of fused-ring (bicyclic) bond motifs is 6. The maximum Gasteiger partial charge on any atom is 0.0541 e. The van der Waals surface area contributed by atoms with E-state index in [2.05, 4.69) is 191 Å². The predicted molar refractivity (Wildman–Crippen MR) is 211 cm³/mol. The molecule has 0 radical (unpaired) electrons. The maximum atomic E-state index is 2.42. The molecule has 0 atom stereocenters. The topological polar surface area (TPSA) is 9.86 Å². The molecule has 0 amide bonds. The Kier molecular flexibility index (Phi) is 6.67. The Hall–Kier alpha value is -6.38. The first-order valence-electron chi connectivity index (χ1n) is 17.5. The molecule has 0 unspecified atom stereocenters. The molecule has 2 heterocycles. The smallest absolute Gasteiger partial charge is 0.0541 e. The average molecular weight is 639 g/mol. The second kappa shape index (κ2) is 11.6. The molecule has 2 heteroatoms. The minimum Gasteiger partial charge on any atom is -0.310 e. The van der Waals surface area contributed by atoms with Gasteiger partial charge in [0.1, 0.15) is 0 Å². The number of aromatic nitrogens is 2. The summed E-state index contributed by atoms with van der Waals surface area (Å²) in [6.07, 6.45) is 6.76. The quantitative estimate of drug-likeness (QED) is 0.178. The molecule has 10 rings (SSSR count). The van der Waals surface area contributed by atoms with E-state index in [9.17, 15) is 0 Å². The van der Waals surface area contributed by atoms with Crippen molar-refractivity contribution < 1.29 is 0 Å². The molecule has 50 heavy (non-hydrogen) atoms. The van der Waals surface area contributed by atoms with Crippen LogP contribution in [0.1, 0.15) is 17.7 Å². The summed E-state index contributed by atoms with van der Waals surface area (Å²) in [4.78, 5) is 0. The third kappa shape index (κ3) is 4.64. The summed E-state index contributed by atoms with van der Waals surface area (Å²) in [6, 6.07) is 62.0. The lowest BCUT2D eigenvalue weighted by Crippen LogP contribution is -1.99. The Morgan fingerprint density at radius 2 is 0.900 bits per heavy atom. The Bertz CT molecular complexity index is 2730. The molecule has 2 aromatic heterocycles. The second-order valence-corrected chi connectivity index (χ2v) is 13.3. The summed E-state index contributed by atoms with van der Waals surface area (Å²) in [5.74, 6) is 0. The van der Waals surface area contributed by atoms with Crippen LogP contribution in [0.25, 0.3) is 83.5 Å². The third-order valence-corrected chi connectivity index (χ3v) is 10.4. The van der Waals surface area contributed by atoms with Crippen LogP contribution in [0.3, 0.4) is 0 Å². The van der Waals surface area contributed by atoms with Crippen LogP contribution in [0.4, 0.5) is 0 Å². The number of rotatable bonds is 5. The molecular weight excluding hydrogens is 605 g/mol. The van der Waals surface area contributed by atoms with Gasteiger partial charge in [0.2, 0.25) is 0 Å². The number of aryl methyl sites for hydroxylation is 1. The van der Waals surface area contributed by atoms with E-state index in [0.29, 0.717) is 0 Å². The van der Waals surface area contributed by atoms with Crippen molar-refractivity contribution in [1.82, 2.24) is 9.13 Å². The van der Waals surface area contributed by atoms with Crippen LogP contribution in [0, 0.1) is 0 Å². The van der Waals surface area contributed by atoms with Crippen molar-refractivity contribution in [3.8, 4) is 44.8 Å². The van der Waals surface area contributed by atoms with E-state index in [1.54, 1.807) is 0 Å². The van der Waals surface area contributed by atoms with E-state index in [4.69, 9.17) is 0 Å². The van der Waals surface area contributed by atoms with E-state index < -0.39 is 0 Å². The molecule has 0 N–H and O–H groups in total. The highest BCUT2D eigenvalue weighted by atomic mass is 15.0. The maximum absolute atomic E-state index is 2.42. The molecule has 1 aliphatic rings. The molecule has 0 spiro atoms. The van der Waals surface area contributed by atoms with Gasteiger partial charge in [-0.25, -0.2) is 0 Å². The average Bonchev–Trinajstić information content (AvgIpc) is 3.71. The molecular formula is C48H34N2. The van der Waals surface area contributed by atoms with Crippen LogP contribution in [0.15, 0.2) is 176 Å². The lowest BCUT2D eigenvalue weighted by Gasteiger charge is -2.11. The van der Waals surface area contributed by atoms with Crippen LogP contribution in [0.2, 0.25) is 0 Å². The van der Waals surface area contributed by atoms with Crippen molar-refractivity contribution in [2.75, 3.05) is 0 Å². The number of hydrogen-bond donors (Lipinski definition) is 0. The van der Waals surface area contributed by atoms with Gasteiger partial charge in [-0.05, 0) is 112 Å². The lowest BCUT2D eigenvalue weighted by atomic mass is 9.97. The molecule has 0 saturated carbocycles. The Morgan fingerprint density at radius 1 is 0.360 bits per heavy atom. The summed E-state index contributed by atoms with van der Waals surface area (Å²) in [7, 11) is 0. The summed E-state index contributed by atoms with van der Waals surface area (Å²) in [5.41, 5.74) is 16.2. The zero-order chi connectivity index (χ0) is 33.0. The lowest BCUT2D eigenvalue weighted by molar-refractivity contribution is 0.967. The molecule has 236 valence electrons. The predicted octanol–water partition coefficient (Wildman–Crippen LogP) is 12.7. The minimum absolute atomic E-state index is 1.06. The Labute approximate surface area is 291 Å². The minimum atomic E-state index is 1.06. The van der Waals surface area contributed by atoms with Crippen molar-refractivity contribution in [3.05, 3.63) is 187 Å². The van der Waals surface area contributed by atoms with Crippen LogP contribution >= 0.6 is 0 Å². The summed E-state index contributed by atoms with van der Waals surface area (Å²) in [6.45, 7) is 0. The van der Waals surface area contributed by atoms with Gasteiger partial charge in [-0.1, -0.05) is 121 Å². The number of nitrogens with zero attached hydrogens (tertiary/aromatic N) is 2. The van der Waals surface area contributed by atoms with Crippen LogP contribution < -0.4 is 0 Å². The SMILES string of the molecule is C1=Cc2c(c3cc(-c4ccc5c(c4)c4ccccc4n5-c4cccc(-c5ccc(-c6ccccc6)cc5)c4)ccc3n2-c2ccccc2)CC1. The molecule has 0 saturated heterocycles. The van der Waals surface area contributed by atoms with Gasteiger partial charge in [0.15, 0.2) is 0 Å². The van der Waals surface area contributed by atoms with Gasteiger partial charge < -0.3 is 9.13 Å². The zero-order valence-corrected chi connectivity index (χ0v) is 27.6. The fraction of sp³-hybridized carbons (Fsp3) is 0.0417. The van der Waals surface area contributed by atoms with Crippen LogP contribution in [-0.4, -0.2) is 9.13 Å². The summed E-state index contributed by atoms with van der Waals surface area (Å²) >= 11 is 0. The molecule has 0 bridgehead atoms. The first-order chi connectivity index (χ1) is 24.8. The highest BCUT2D eigenvalue weighted by Crippen LogP contribution is 2.39. The number of benzene rings is 7. The fourth-order valence-corrected chi connectivity index (χ4v) is 8.01. The molecule has 1 aliphatic carbocycles. The monoisotopic (exact) mass is 638 g/mol. The third-order valence-electron chi connectivity index (χ3n) is 10.4. The van der Waals surface area contributed by atoms with Gasteiger partial charge in [-0.15, -0.1) is 0 Å². The Morgan fingerprint density at radius 3 is 1.68 bits per heavy atom. The molecule has 0 fully saturated rings. The van der Waals surface area contributed by atoms with Gasteiger partial charge in [0, 0.05) is 33.2 Å².